The summed E-state index contributed by atoms with van der Waals surface area (Å²) in [6.45, 7) is 2.20. The van der Waals surface area contributed by atoms with Gasteiger partial charge in [-0.05, 0) is 27.4 Å². The molecule has 0 aliphatic carbocycles. The highest BCUT2D eigenvalue weighted by atomic mass is 15.1. The average Bonchev–Trinajstić information content (AvgIpc) is 2.15. The van der Waals surface area contributed by atoms with E-state index in [0.29, 0.717) is 6.04 Å². The van der Waals surface area contributed by atoms with Gasteiger partial charge in [0.05, 0.1) is 0 Å². The van der Waals surface area contributed by atoms with Gasteiger partial charge < -0.3 is 4.90 Å². The van der Waals surface area contributed by atoms with E-state index in [9.17, 15) is 0 Å². The Morgan fingerprint density at radius 3 is 2.46 bits per heavy atom. The number of nitrogens with zero attached hydrogens (tertiary/aromatic N) is 4. The molecule has 4 heteroatoms. The van der Waals surface area contributed by atoms with E-state index in [1.54, 1.807) is 12.7 Å². The molecule has 0 radical (unpaired) electrons. The average molecular weight is 180 g/mol. The molecule has 1 rings (SSSR count). The predicted molar refractivity (Wildman–Crippen MR) is 51.3 cm³/mol. The maximum absolute atomic E-state index is 4.07. The standard InChI is InChI=1S/C9H16N4/c1-8(13(2)3)4-5-9-11-6-10-7-12-9/h6-8H,4-5H2,1-3H3. The van der Waals surface area contributed by atoms with E-state index >= 15 is 0 Å². The highest BCUT2D eigenvalue weighted by molar-refractivity contribution is 4.82. The Kier molecular flexibility index (Phi) is 3.76. The normalized spacial score (nSPS) is 13.2. The molecule has 72 valence electrons. The van der Waals surface area contributed by atoms with E-state index in [0.717, 1.165) is 18.7 Å². The molecular weight excluding hydrogens is 164 g/mol. The van der Waals surface area contributed by atoms with E-state index in [-0.39, 0.29) is 0 Å². The maximum atomic E-state index is 4.07. The van der Waals surface area contributed by atoms with Gasteiger partial charge in [-0.15, -0.1) is 0 Å². The molecule has 1 atom stereocenters. The van der Waals surface area contributed by atoms with Crippen LogP contribution >= 0.6 is 0 Å². The fourth-order valence-corrected chi connectivity index (χ4v) is 0.988. The molecule has 13 heavy (non-hydrogen) atoms. The van der Waals surface area contributed by atoms with Crippen molar-refractivity contribution in [2.75, 3.05) is 14.1 Å². The summed E-state index contributed by atoms with van der Waals surface area (Å²) in [5.41, 5.74) is 0. The molecule has 4 nitrogen and oxygen atoms in total. The number of hydrogen-bond acceptors (Lipinski definition) is 4. The number of rotatable bonds is 4. The molecule has 1 aromatic rings. The predicted octanol–water partition coefficient (Wildman–Crippen LogP) is 0.754. The van der Waals surface area contributed by atoms with E-state index in [1.165, 1.54) is 0 Å². The number of aromatic nitrogens is 3. The lowest BCUT2D eigenvalue weighted by molar-refractivity contribution is 0.297. The van der Waals surface area contributed by atoms with Crippen molar-refractivity contribution >= 4 is 0 Å². The van der Waals surface area contributed by atoms with Crippen LogP contribution in [0.15, 0.2) is 12.7 Å². The molecule has 0 N–H and O–H groups in total. The Hall–Kier alpha value is -1.03. The SMILES string of the molecule is CC(CCc1ncncn1)N(C)C. The van der Waals surface area contributed by atoms with Gasteiger partial charge in [-0.1, -0.05) is 0 Å². The molecule has 0 spiro atoms. The van der Waals surface area contributed by atoms with Crippen LogP contribution in [0.3, 0.4) is 0 Å². The van der Waals surface area contributed by atoms with Crippen molar-refractivity contribution in [2.45, 2.75) is 25.8 Å². The highest BCUT2D eigenvalue weighted by Crippen LogP contribution is 2.02. The van der Waals surface area contributed by atoms with Gasteiger partial charge in [0.1, 0.15) is 18.5 Å². The minimum atomic E-state index is 0.566. The van der Waals surface area contributed by atoms with Crippen LogP contribution in [0, 0.1) is 0 Å². The quantitative estimate of drug-likeness (QED) is 0.686. The Labute approximate surface area is 79.0 Å². The van der Waals surface area contributed by atoms with E-state index in [2.05, 4.69) is 40.9 Å². The van der Waals surface area contributed by atoms with E-state index in [1.807, 2.05) is 0 Å². The van der Waals surface area contributed by atoms with E-state index < -0.39 is 0 Å². The molecule has 0 aromatic carbocycles. The molecule has 1 heterocycles. The van der Waals surface area contributed by atoms with Crippen LogP contribution in [-0.4, -0.2) is 40.0 Å². The Bertz CT molecular complexity index is 235. The van der Waals surface area contributed by atoms with Gasteiger partial charge in [0.25, 0.3) is 0 Å². The van der Waals surface area contributed by atoms with Gasteiger partial charge in [0.2, 0.25) is 0 Å². The van der Waals surface area contributed by atoms with Crippen LogP contribution in [-0.2, 0) is 6.42 Å². The topological polar surface area (TPSA) is 41.9 Å². The van der Waals surface area contributed by atoms with Gasteiger partial charge in [-0.2, -0.15) is 0 Å². The van der Waals surface area contributed by atoms with Gasteiger partial charge >= 0.3 is 0 Å². The van der Waals surface area contributed by atoms with Crippen LogP contribution in [0.2, 0.25) is 0 Å². The molecule has 0 amide bonds. The van der Waals surface area contributed by atoms with Crippen molar-refractivity contribution < 1.29 is 0 Å². The second kappa shape index (κ2) is 4.87. The first-order valence-corrected chi connectivity index (χ1v) is 4.47. The largest absolute Gasteiger partial charge is 0.307 e. The fourth-order valence-electron chi connectivity index (χ4n) is 0.988. The van der Waals surface area contributed by atoms with Crippen molar-refractivity contribution in [1.29, 1.82) is 0 Å². The molecule has 0 saturated heterocycles. The zero-order valence-corrected chi connectivity index (χ0v) is 8.44. The third-order valence-corrected chi connectivity index (χ3v) is 2.21. The van der Waals surface area contributed by atoms with Crippen LogP contribution in [0.25, 0.3) is 0 Å². The van der Waals surface area contributed by atoms with Crippen LogP contribution in [0.1, 0.15) is 19.2 Å². The van der Waals surface area contributed by atoms with Crippen molar-refractivity contribution in [3.63, 3.8) is 0 Å². The molecule has 0 fully saturated rings. The van der Waals surface area contributed by atoms with Gasteiger partial charge in [-0.25, -0.2) is 15.0 Å². The minimum Gasteiger partial charge on any atom is -0.307 e. The van der Waals surface area contributed by atoms with Crippen LogP contribution in [0.5, 0.6) is 0 Å². The van der Waals surface area contributed by atoms with Gasteiger partial charge in [0.15, 0.2) is 0 Å². The Balaban J connectivity index is 2.35. The lowest BCUT2D eigenvalue weighted by Crippen LogP contribution is -2.25. The summed E-state index contributed by atoms with van der Waals surface area (Å²) in [7, 11) is 4.16. The molecule has 0 bridgehead atoms. The lowest BCUT2D eigenvalue weighted by Gasteiger charge is -2.18. The molecule has 0 aliphatic rings. The summed E-state index contributed by atoms with van der Waals surface area (Å²) < 4.78 is 0. The zero-order valence-electron chi connectivity index (χ0n) is 8.44. The smallest absolute Gasteiger partial charge is 0.132 e. The number of hydrogen-bond donors (Lipinski definition) is 0. The maximum Gasteiger partial charge on any atom is 0.132 e. The first kappa shape index (κ1) is 10.1. The summed E-state index contributed by atoms with van der Waals surface area (Å²) >= 11 is 0. The third kappa shape index (κ3) is 3.46. The van der Waals surface area contributed by atoms with Crippen LogP contribution < -0.4 is 0 Å². The highest BCUT2D eigenvalue weighted by Gasteiger charge is 2.05. The molecular formula is C9H16N4. The Morgan fingerprint density at radius 2 is 1.92 bits per heavy atom. The van der Waals surface area contributed by atoms with Crippen molar-refractivity contribution in [2.24, 2.45) is 0 Å². The van der Waals surface area contributed by atoms with Crippen molar-refractivity contribution in [3.05, 3.63) is 18.5 Å². The van der Waals surface area contributed by atoms with Crippen molar-refractivity contribution in [3.8, 4) is 0 Å². The summed E-state index contributed by atoms with van der Waals surface area (Å²) in [4.78, 5) is 14.1. The first-order chi connectivity index (χ1) is 6.20. The molecule has 1 unspecified atom stereocenters. The zero-order chi connectivity index (χ0) is 9.68. The number of aryl methyl sites for hydroxylation is 1. The second-order valence-electron chi connectivity index (χ2n) is 3.41. The van der Waals surface area contributed by atoms with Crippen LogP contribution in [0.4, 0.5) is 0 Å². The summed E-state index contributed by atoms with van der Waals surface area (Å²) in [6.07, 6.45) is 5.09. The monoisotopic (exact) mass is 180 g/mol. The molecule has 1 aromatic heterocycles. The van der Waals surface area contributed by atoms with Gasteiger partial charge in [-0.3, -0.25) is 0 Å². The summed E-state index contributed by atoms with van der Waals surface area (Å²) in [5.74, 6) is 0.878. The first-order valence-electron chi connectivity index (χ1n) is 4.47. The van der Waals surface area contributed by atoms with Gasteiger partial charge in [0, 0.05) is 12.5 Å². The fraction of sp³-hybridized carbons (Fsp3) is 0.667. The molecule has 0 aliphatic heterocycles. The lowest BCUT2D eigenvalue weighted by atomic mass is 10.1. The second-order valence-corrected chi connectivity index (χ2v) is 3.41. The van der Waals surface area contributed by atoms with E-state index in [4.69, 9.17) is 0 Å². The van der Waals surface area contributed by atoms with Crippen molar-refractivity contribution in [1.82, 2.24) is 19.9 Å². The third-order valence-electron chi connectivity index (χ3n) is 2.21. The minimum absolute atomic E-state index is 0.566. The molecule has 0 saturated carbocycles. The summed E-state index contributed by atoms with van der Waals surface area (Å²) in [6, 6.07) is 0.566. The Morgan fingerprint density at radius 1 is 1.31 bits per heavy atom. The summed E-state index contributed by atoms with van der Waals surface area (Å²) in [5, 5.41) is 0.